The highest BCUT2D eigenvalue weighted by molar-refractivity contribution is 7.99. The number of fused-ring (bicyclic) bond motifs is 2. The van der Waals surface area contributed by atoms with E-state index in [0.29, 0.717) is 11.4 Å². The van der Waals surface area contributed by atoms with Crippen LogP contribution in [0, 0.1) is 6.92 Å². The van der Waals surface area contributed by atoms with Gasteiger partial charge in [0.2, 0.25) is 5.13 Å². The molecule has 5 nitrogen and oxygen atoms in total. The van der Waals surface area contributed by atoms with Gasteiger partial charge in [-0.3, -0.25) is 4.79 Å². The lowest BCUT2D eigenvalue weighted by Gasteiger charge is -2.14. The number of amides is 1. The molecular formula is C24H24N4OS2. The van der Waals surface area contributed by atoms with Gasteiger partial charge < -0.3 is 5.32 Å². The van der Waals surface area contributed by atoms with Crippen LogP contribution in [0.1, 0.15) is 46.9 Å². The van der Waals surface area contributed by atoms with Crippen molar-refractivity contribution in [2.24, 2.45) is 0 Å². The summed E-state index contributed by atoms with van der Waals surface area (Å²) in [7, 11) is 0. The monoisotopic (exact) mass is 448 g/mol. The molecule has 4 aromatic rings. The lowest BCUT2D eigenvalue weighted by atomic mass is 9.92. The molecule has 2 heterocycles. The first-order valence-electron chi connectivity index (χ1n) is 10.6. The van der Waals surface area contributed by atoms with Crippen molar-refractivity contribution in [3.8, 4) is 5.13 Å². The van der Waals surface area contributed by atoms with Gasteiger partial charge in [0.15, 0.2) is 0 Å². The van der Waals surface area contributed by atoms with Gasteiger partial charge in [-0.15, -0.1) is 11.8 Å². The predicted molar refractivity (Wildman–Crippen MR) is 129 cm³/mol. The van der Waals surface area contributed by atoms with Gasteiger partial charge in [0.25, 0.3) is 5.91 Å². The maximum Gasteiger partial charge on any atom is 0.257 e. The molecule has 0 bridgehead atoms. The van der Waals surface area contributed by atoms with Gasteiger partial charge in [-0.25, -0.2) is 4.98 Å². The van der Waals surface area contributed by atoms with Crippen molar-refractivity contribution in [2.75, 3.05) is 11.1 Å². The van der Waals surface area contributed by atoms with Crippen LogP contribution in [0.5, 0.6) is 0 Å². The normalized spacial score (nSPS) is 13.4. The second-order valence-electron chi connectivity index (χ2n) is 7.76. The summed E-state index contributed by atoms with van der Waals surface area (Å²) in [5, 5.41) is 8.46. The Morgan fingerprint density at radius 3 is 2.74 bits per heavy atom. The number of hydrogen-bond donors (Lipinski definition) is 1. The summed E-state index contributed by atoms with van der Waals surface area (Å²) >= 11 is 3.29. The number of hydrogen-bond acceptors (Lipinski definition) is 5. The van der Waals surface area contributed by atoms with E-state index in [-0.39, 0.29) is 5.91 Å². The zero-order chi connectivity index (χ0) is 21.4. The number of rotatable bonds is 5. The predicted octanol–water partition coefficient (Wildman–Crippen LogP) is 6.03. The quantitative estimate of drug-likeness (QED) is 0.379. The number of carbonyl (C=O) groups is 1. The third-order valence-electron chi connectivity index (χ3n) is 5.53. The highest BCUT2D eigenvalue weighted by atomic mass is 32.2. The first-order chi connectivity index (χ1) is 15.1. The van der Waals surface area contributed by atoms with E-state index >= 15 is 0 Å². The topological polar surface area (TPSA) is 59.8 Å². The third kappa shape index (κ3) is 4.00. The maximum absolute atomic E-state index is 13.1. The van der Waals surface area contributed by atoms with Crippen LogP contribution < -0.4 is 5.32 Å². The minimum atomic E-state index is -0.130. The van der Waals surface area contributed by atoms with E-state index in [9.17, 15) is 4.79 Å². The van der Waals surface area contributed by atoms with Crippen molar-refractivity contribution in [3.05, 3.63) is 64.8 Å². The molecule has 0 fully saturated rings. The third-order valence-corrected chi connectivity index (χ3v) is 7.48. The molecule has 0 atom stereocenters. The number of benzene rings is 2. The van der Waals surface area contributed by atoms with Gasteiger partial charge in [0.1, 0.15) is 5.82 Å². The summed E-state index contributed by atoms with van der Waals surface area (Å²) in [6.07, 6.45) is 4.80. The molecule has 0 saturated carbocycles. The zero-order valence-electron chi connectivity index (χ0n) is 17.6. The molecule has 0 saturated heterocycles. The fourth-order valence-electron chi connectivity index (χ4n) is 4.09. The molecule has 31 heavy (non-hydrogen) atoms. The molecule has 0 spiro atoms. The van der Waals surface area contributed by atoms with Crippen LogP contribution in [-0.4, -0.2) is 26.4 Å². The zero-order valence-corrected chi connectivity index (χ0v) is 19.3. The van der Waals surface area contributed by atoms with E-state index < -0.39 is 0 Å². The van der Waals surface area contributed by atoms with Crippen LogP contribution in [0.3, 0.4) is 0 Å². The maximum atomic E-state index is 13.1. The summed E-state index contributed by atoms with van der Waals surface area (Å²) in [6.45, 7) is 4.02. The molecule has 158 valence electrons. The van der Waals surface area contributed by atoms with Gasteiger partial charge in [-0.2, -0.15) is 9.78 Å². The summed E-state index contributed by atoms with van der Waals surface area (Å²) < 4.78 is 2.93. The van der Waals surface area contributed by atoms with Crippen molar-refractivity contribution in [2.45, 2.75) is 44.4 Å². The second kappa shape index (κ2) is 8.48. The van der Waals surface area contributed by atoms with Crippen LogP contribution in [0.2, 0.25) is 0 Å². The number of thiazole rings is 1. The Kier molecular flexibility index (Phi) is 5.54. The van der Waals surface area contributed by atoms with Crippen molar-refractivity contribution < 1.29 is 4.79 Å². The standard InChI is InChI=1S/C24H24N4OS2/c1-3-30-20-11-7-6-10-18(20)23(29)26-22-12-15(2)27-28(22)24-25-19-13-16-8-4-5-9-17(16)14-21(19)31-24/h6-7,10-14H,3-5,8-9H2,1-2H3,(H,26,29). The largest absolute Gasteiger partial charge is 0.306 e. The van der Waals surface area contributed by atoms with Crippen molar-refractivity contribution in [1.82, 2.24) is 14.8 Å². The smallest absolute Gasteiger partial charge is 0.257 e. The van der Waals surface area contributed by atoms with Gasteiger partial charge in [0.05, 0.1) is 21.5 Å². The Bertz CT molecular complexity index is 1230. The average molecular weight is 449 g/mol. The molecule has 1 aliphatic carbocycles. The lowest BCUT2D eigenvalue weighted by molar-refractivity contribution is 0.102. The van der Waals surface area contributed by atoms with E-state index in [1.54, 1.807) is 27.8 Å². The first kappa shape index (κ1) is 20.3. The Balaban J connectivity index is 1.49. The van der Waals surface area contributed by atoms with E-state index in [2.05, 4.69) is 29.5 Å². The lowest BCUT2D eigenvalue weighted by Crippen LogP contribution is -2.16. The summed E-state index contributed by atoms with van der Waals surface area (Å²) in [6, 6.07) is 14.1. The van der Waals surface area contributed by atoms with Crippen LogP contribution >= 0.6 is 23.1 Å². The van der Waals surface area contributed by atoms with E-state index in [0.717, 1.165) is 39.8 Å². The van der Waals surface area contributed by atoms with Crippen LogP contribution in [0.15, 0.2) is 47.4 Å². The van der Waals surface area contributed by atoms with Crippen molar-refractivity contribution >= 4 is 45.0 Å². The number of nitrogens with zero attached hydrogens (tertiary/aromatic N) is 3. The van der Waals surface area contributed by atoms with Gasteiger partial charge >= 0.3 is 0 Å². The number of aromatic nitrogens is 3. The molecule has 2 aromatic carbocycles. The van der Waals surface area contributed by atoms with Crippen LogP contribution in [-0.2, 0) is 12.8 Å². The fraction of sp³-hybridized carbons (Fsp3) is 0.292. The number of carbonyl (C=O) groups excluding carboxylic acids is 1. The molecule has 2 aromatic heterocycles. The average Bonchev–Trinajstić information content (AvgIpc) is 3.34. The van der Waals surface area contributed by atoms with E-state index in [1.807, 2.05) is 37.3 Å². The summed E-state index contributed by atoms with van der Waals surface area (Å²) in [5.74, 6) is 1.42. The minimum absolute atomic E-state index is 0.130. The molecule has 0 aliphatic heterocycles. The van der Waals surface area contributed by atoms with Crippen molar-refractivity contribution in [3.63, 3.8) is 0 Å². The molecule has 1 N–H and O–H groups in total. The van der Waals surface area contributed by atoms with Gasteiger partial charge in [0, 0.05) is 11.0 Å². The van der Waals surface area contributed by atoms with E-state index in [4.69, 9.17) is 4.98 Å². The highest BCUT2D eigenvalue weighted by Gasteiger charge is 2.18. The summed E-state index contributed by atoms with van der Waals surface area (Å²) in [5.41, 5.74) is 5.40. The molecule has 5 rings (SSSR count). The molecule has 1 amide bonds. The first-order valence-corrected chi connectivity index (χ1v) is 12.4. The van der Waals surface area contributed by atoms with Crippen molar-refractivity contribution in [1.29, 1.82) is 0 Å². The Hall–Kier alpha value is -2.64. The molecule has 7 heteroatoms. The Morgan fingerprint density at radius 2 is 1.94 bits per heavy atom. The number of nitrogens with one attached hydrogen (secondary N) is 1. The van der Waals surface area contributed by atoms with Crippen LogP contribution in [0.4, 0.5) is 5.82 Å². The minimum Gasteiger partial charge on any atom is -0.306 e. The molecule has 0 radical (unpaired) electrons. The number of aryl methyl sites for hydroxylation is 3. The van der Waals surface area contributed by atoms with Crippen LogP contribution in [0.25, 0.3) is 15.3 Å². The number of anilines is 1. The molecule has 0 unspecified atom stereocenters. The molecular weight excluding hydrogens is 424 g/mol. The summed E-state index contributed by atoms with van der Waals surface area (Å²) in [4.78, 5) is 18.9. The van der Waals surface area contributed by atoms with Gasteiger partial charge in [-0.05, 0) is 73.8 Å². The fourth-order valence-corrected chi connectivity index (χ4v) is 5.87. The van der Waals surface area contributed by atoms with E-state index in [1.165, 1.54) is 28.7 Å². The molecule has 1 aliphatic rings. The Morgan fingerprint density at radius 1 is 1.16 bits per heavy atom. The van der Waals surface area contributed by atoms with Gasteiger partial charge in [-0.1, -0.05) is 30.4 Å². The SMILES string of the molecule is CCSc1ccccc1C(=O)Nc1cc(C)nn1-c1nc2cc3c(cc2s1)CCCC3. The Labute approximate surface area is 189 Å². The second-order valence-corrected chi connectivity index (χ2v) is 10.1. The highest BCUT2D eigenvalue weighted by Crippen LogP contribution is 2.32. The number of thioether (sulfide) groups is 1.